The number of halogens is 3. The number of piperazine rings is 1. The number of hydrogen-bond donors (Lipinski definition) is 4. The molecule has 1 saturated heterocycles. The van der Waals surface area contributed by atoms with Crippen molar-refractivity contribution in [1.82, 2.24) is 10.6 Å². The molecule has 3 rings (SSSR count). The van der Waals surface area contributed by atoms with Gasteiger partial charge in [0.1, 0.15) is 0 Å². The minimum absolute atomic E-state index is 0.0593. The number of carboxylic acids is 1. The fourth-order valence-corrected chi connectivity index (χ4v) is 4.69. The van der Waals surface area contributed by atoms with Crippen LogP contribution in [0.1, 0.15) is 50.0 Å². The zero-order chi connectivity index (χ0) is 29.4. The first-order valence-electron chi connectivity index (χ1n) is 12.4. The minimum atomic E-state index is -5.08. The zero-order valence-corrected chi connectivity index (χ0v) is 23.2. The van der Waals surface area contributed by atoms with Crippen LogP contribution in [0.2, 0.25) is 0 Å². The number of alkyl halides is 3. The molecular weight excluding hydrogens is 537 g/mol. The van der Waals surface area contributed by atoms with Gasteiger partial charge >= 0.3 is 12.1 Å². The van der Waals surface area contributed by atoms with Crippen LogP contribution in [0.25, 0.3) is 0 Å². The predicted molar refractivity (Wildman–Crippen MR) is 144 cm³/mol. The lowest BCUT2D eigenvalue weighted by Gasteiger charge is -2.31. The van der Waals surface area contributed by atoms with Gasteiger partial charge in [0.25, 0.3) is 15.9 Å². The van der Waals surface area contributed by atoms with Crippen LogP contribution in [0, 0.1) is 0 Å². The van der Waals surface area contributed by atoms with Gasteiger partial charge in [-0.3, -0.25) is 9.52 Å². The second-order valence-corrected chi connectivity index (χ2v) is 11.6. The molecule has 13 heteroatoms. The van der Waals surface area contributed by atoms with Crippen LogP contribution in [-0.4, -0.2) is 64.3 Å². The molecule has 2 aromatic rings. The van der Waals surface area contributed by atoms with E-state index in [4.69, 9.17) is 9.90 Å². The second-order valence-electron chi connectivity index (χ2n) is 9.91. The first-order valence-corrected chi connectivity index (χ1v) is 13.9. The highest BCUT2D eigenvalue weighted by molar-refractivity contribution is 7.92. The molecule has 39 heavy (non-hydrogen) atoms. The lowest BCUT2D eigenvalue weighted by Crippen LogP contribution is -2.44. The quantitative estimate of drug-likeness (QED) is 0.395. The van der Waals surface area contributed by atoms with E-state index in [0.717, 1.165) is 43.9 Å². The van der Waals surface area contributed by atoms with Gasteiger partial charge in [-0.2, -0.15) is 13.2 Å². The number of sulfonamides is 1. The molecule has 0 radical (unpaired) electrons. The van der Waals surface area contributed by atoms with Gasteiger partial charge in [-0.15, -0.1) is 0 Å². The Balaban J connectivity index is 0.000000673. The van der Waals surface area contributed by atoms with Gasteiger partial charge in [0.05, 0.1) is 10.5 Å². The number of aliphatic carboxylic acids is 1. The predicted octanol–water partition coefficient (Wildman–Crippen LogP) is 3.97. The third-order valence-corrected chi connectivity index (χ3v) is 7.16. The summed E-state index contributed by atoms with van der Waals surface area (Å²) in [4.78, 5) is 24.1. The molecule has 0 saturated carbocycles. The van der Waals surface area contributed by atoms with Crippen LogP contribution in [0.4, 0.5) is 24.5 Å². The van der Waals surface area contributed by atoms with Gasteiger partial charge < -0.3 is 20.6 Å². The van der Waals surface area contributed by atoms with Crippen molar-refractivity contribution in [2.45, 2.75) is 50.6 Å². The van der Waals surface area contributed by atoms with Crippen LogP contribution in [-0.2, 0) is 20.2 Å². The van der Waals surface area contributed by atoms with Crippen molar-refractivity contribution >= 4 is 33.3 Å². The molecule has 0 unspecified atom stereocenters. The lowest BCUT2D eigenvalue weighted by molar-refractivity contribution is -0.192. The largest absolute Gasteiger partial charge is 0.490 e. The number of rotatable bonds is 7. The number of carbonyl (C=O) groups excluding carboxylic acids is 1. The smallest absolute Gasteiger partial charge is 0.475 e. The summed E-state index contributed by atoms with van der Waals surface area (Å²) in [6.07, 6.45) is -4.26. The van der Waals surface area contributed by atoms with E-state index < -0.39 is 22.2 Å². The van der Waals surface area contributed by atoms with E-state index in [9.17, 15) is 26.4 Å². The Morgan fingerprint density at radius 2 is 1.59 bits per heavy atom. The van der Waals surface area contributed by atoms with Crippen molar-refractivity contribution in [3.63, 3.8) is 0 Å². The molecule has 0 atom stereocenters. The molecule has 0 aliphatic carbocycles. The molecule has 1 aliphatic heterocycles. The molecule has 216 valence electrons. The van der Waals surface area contributed by atoms with Crippen LogP contribution < -0.4 is 20.3 Å². The van der Waals surface area contributed by atoms with E-state index in [0.29, 0.717) is 17.8 Å². The first-order chi connectivity index (χ1) is 18.1. The zero-order valence-electron chi connectivity index (χ0n) is 22.4. The molecule has 1 fully saturated rings. The van der Waals surface area contributed by atoms with Gasteiger partial charge in [0.15, 0.2) is 0 Å². The summed E-state index contributed by atoms with van der Waals surface area (Å²) in [7, 11) is -3.78. The maximum absolute atomic E-state index is 13.0. The molecule has 4 N–H and O–H groups in total. The van der Waals surface area contributed by atoms with Gasteiger partial charge in [-0.1, -0.05) is 39.8 Å². The SMILES string of the molecule is CCCNC(=O)c1cc(NS(=O)(=O)c2ccc(C(C)(C)C)cc2)ccc1N1CCNCC1.O=C(O)C(F)(F)F. The Bertz CT molecular complexity index is 1240. The fraction of sp³-hybridized carbons (Fsp3) is 0.462. The molecule has 1 amide bonds. The third-order valence-electron chi connectivity index (χ3n) is 5.76. The molecule has 0 bridgehead atoms. The molecule has 0 aromatic heterocycles. The highest BCUT2D eigenvalue weighted by Gasteiger charge is 2.38. The fourth-order valence-electron chi connectivity index (χ4n) is 3.64. The second kappa shape index (κ2) is 13.2. The Hall–Kier alpha value is -3.32. The van der Waals surface area contributed by atoms with Crippen molar-refractivity contribution in [1.29, 1.82) is 0 Å². The maximum atomic E-state index is 13.0. The number of anilines is 2. The average Bonchev–Trinajstić information content (AvgIpc) is 2.87. The maximum Gasteiger partial charge on any atom is 0.490 e. The molecular formula is C26H35F3N4O5S. The normalized spacial score (nSPS) is 14.2. The van der Waals surface area contributed by atoms with Gasteiger partial charge in [0, 0.05) is 44.1 Å². The average molecular weight is 573 g/mol. The third kappa shape index (κ3) is 9.43. The van der Waals surface area contributed by atoms with Gasteiger partial charge in [0.2, 0.25) is 0 Å². The van der Waals surface area contributed by atoms with E-state index >= 15 is 0 Å². The molecule has 9 nitrogen and oxygen atoms in total. The summed E-state index contributed by atoms with van der Waals surface area (Å²) >= 11 is 0. The number of carbonyl (C=O) groups is 2. The standard InChI is InChI=1S/C24H34N4O3S.C2HF3O2/c1-5-12-26-23(29)21-17-19(8-11-22(21)28-15-13-25-14-16-28)27-32(30,31)20-9-6-18(7-10-20)24(2,3)4;3-2(4,5)1(6)7/h6-11,17,25,27H,5,12-16H2,1-4H3,(H,26,29);(H,6,7). The summed E-state index contributed by atoms with van der Waals surface area (Å²) in [6.45, 7) is 12.1. The number of benzene rings is 2. The van der Waals surface area contributed by atoms with Crippen LogP contribution >= 0.6 is 0 Å². The highest BCUT2D eigenvalue weighted by Crippen LogP contribution is 2.28. The first kappa shape index (κ1) is 31.9. The van der Waals surface area contributed by atoms with Crippen LogP contribution in [0.3, 0.4) is 0 Å². The van der Waals surface area contributed by atoms with E-state index in [1.807, 2.05) is 25.1 Å². The lowest BCUT2D eigenvalue weighted by atomic mass is 9.87. The number of nitrogens with one attached hydrogen (secondary N) is 3. The Morgan fingerprint density at radius 3 is 2.08 bits per heavy atom. The Labute approximate surface area is 226 Å². The number of hydrogen-bond acceptors (Lipinski definition) is 6. The number of nitrogens with zero attached hydrogens (tertiary/aromatic N) is 1. The Morgan fingerprint density at radius 1 is 1.03 bits per heavy atom. The van der Waals surface area contributed by atoms with Crippen molar-refractivity contribution in [3.8, 4) is 0 Å². The highest BCUT2D eigenvalue weighted by atomic mass is 32.2. The molecule has 0 spiro atoms. The monoisotopic (exact) mass is 572 g/mol. The van der Waals surface area contributed by atoms with Crippen LogP contribution in [0.15, 0.2) is 47.4 Å². The molecule has 2 aromatic carbocycles. The summed E-state index contributed by atoms with van der Waals surface area (Å²) in [6, 6.07) is 12.1. The molecule has 1 heterocycles. The van der Waals surface area contributed by atoms with Crippen molar-refractivity contribution in [3.05, 3.63) is 53.6 Å². The molecule has 1 aliphatic rings. The summed E-state index contributed by atoms with van der Waals surface area (Å²) in [5, 5.41) is 13.3. The van der Waals surface area contributed by atoms with Crippen LogP contribution in [0.5, 0.6) is 0 Å². The number of carboxylic acid groups (broad SMARTS) is 1. The van der Waals surface area contributed by atoms with Crippen molar-refractivity contribution < 1.29 is 36.3 Å². The van der Waals surface area contributed by atoms with E-state index in [1.165, 1.54) is 0 Å². The van der Waals surface area contributed by atoms with E-state index in [1.54, 1.807) is 24.3 Å². The van der Waals surface area contributed by atoms with E-state index in [2.05, 4.69) is 41.0 Å². The summed E-state index contributed by atoms with van der Waals surface area (Å²) in [5.74, 6) is -2.96. The van der Waals surface area contributed by atoms with Gasteiger partial charge in [-0.05, 0) is 47.7 Å². The summed E-state index contributed by atoms with van der Waals surface area (Å²) in [5.41, 5.74) is 2.66. The summed E-state index contributed by atoms with van der Waals surface area (Å²) < 4.78 is 60.3. The van der Waals surface area contributed by atoms with E-state index in [-0.39, 0.29) is 16.2 Å². The van der Waals surface area contributed by atoms with Gasteiger partial charge in [-0.25, -0.2) is 13.2 Å². The van der Waals surface area contributed by atoms with Crippen molar-refractivity contribution in [2.24, 2.45) is 0 Å². The number of amides is 1. The topological polar surface area (TPSA) is 128 Å². The Kier molecular flexibility index (Phi) is 10.8. The van der Waals surface area contributed by atoms with Crippen molar-refractivity contribution in [2.75, 3.05) is 42.3 Å². The minimum Gasteiger partial charge on any atom is -0.475 e.